The highest BCUT2D eigenvalue weighted by Gasteiger charge is 2.61. The summed E-state index contributed by atoms with van der Waals surface area (Å²) < 4.78 is 84.4. The quantitative estimate of drug-likeness (QED) is 0.364. The Balaban J connectivity index is 1.54. The van der Waals surface area contributed by atoms with E-state index < -0.39 is 46.3 Å². The maximum atomic E-state index is 13.3. The number of aromatic nitrogens is 3. The van der Waals surface area contributed by atoms with Crippen molar-refractivity contribution in [1.82, 2.24) is 15.0 Å². The third-order valence-electron chi connectivity index (χ3n) is 6.30. The molecule has 3 heterocycles. The van der Waals surface area contributed by atoms with Crippen molar-refractivity contribution < 1.29 is 35.5 Å². The molecule has 198 valence electrons. The summed E-state index contributed by atoms with van der Waals surface area (Å²) in [4.78, 5) is 22.4. The van der Waals surface area contributed by atoms with Crippen molar-refractivity contribution in [2.45, 2.75) is 49.0 Å². The number of ether oxygens (including phenoxy) is 1. The molecule has 2 fully saturated rings. The van der Waals surface area contributed by atoms with E-state index in [1.54, 1.807) is 6.07 Å². The Kier molecular flexibility index (Phi) is 6.34. The molecule has 1 aliphatic carbocycles. The van der Waals surface area contributed by atoms with Crippen molar-refractivity contribution in [3.8, 4) is 0 Å². The summed E-state index contributed by atoms with van der Waals surface area (Å²) in [6, 6.07) is 5.96. The number of carbonyl (C=O) groups excluding carboxylic acids is 1. The molecule has 3 aromatic rings. The number of alkyl halides is 4. The molecule has 0 unspecified atom stereocenters. The fourth-order valence-corrected chi connectivity index (χ4v) is 5.15. The van der Waals surface area contributed by atoms with Gasteiger partial charge in [0.05, 0.1) is 22.4 Å². The normalized spacial score (nSPS) is 21.2. The Morgan fingerprint density at radius 1 is 1.19 bits per heavy atom. The molecule has 1 saturated heterocycles. The first-order valence-corrected chi connectivity index (χ1v) is 13.4. The van der Waals surface area contributed by atoms with Crippen LogP contribution in [0.25, 0.3) is 11.2 Å². The van der Waals surface area contributed by atoms with Crippen LogP contribution in [0.2, 0.25) is 0 Å². The molecule has 1 aromatic carbocycles. The van der Waals surface area contributed by atoms with Crippen molar-refractivity contribution >= 4 is 44.1 Å². The van der Waals surface area contributed by atoms with Crippen LogP contribution in [0.5, 0.6) is 0 Å². The second-order valence-corrected chi connectivity index (χ2v) is 11.2. The van der Waals surface area contributed by atoms with Crippen molar-refractivity contribution in [3.63, 3.8) is 0 Å². The highest BCUT2D eigenvalue weighted by Crippen LogP contribution is 2.49. The number of rotatable bonds is 7. The molecular weight excluding hydrogens is 518 g/mol. The molecule has 0 spiro atoms. The number of pyridine rings is 1. The van der Waals surface area contributed by atoms with Gasteiger partial charge in [0.1, 0.15) is 17.3 Å². The third-order valence-corrected chi connectivity index (χ3v) is 7.43. The summed E-state index contributed by atoms with van der Waals surface area (Å²) in [5.74, 6) is -6.48. The summed E-state index contributed by atoms with van der Waals surface area (Å²) >= 11 is 0. The summed E-state index contributed by atoms with van der Waals surface area (Å²) in [7, 11) is -3.76. The van der Waals surface area contributed by atoms with Gasteiger partial charge in [-0.3, -0.25) is 4.79 Å². The summed E-state index contributed by atoms with van der Waals surface area (Å²) in [6.45, 7) is 0.570. The van der Waals surface area contributed by atoms with E-state index >= 15 is 0 Å². The van der Waals surface area contributed by atoms with Crippen molar-refractivity contribution in [2.75, 3.05) is 23.5 Å². The highest BCUT2D eigenvalue weighted by molar-refractivity contribution is 7.90. The van der Waals surface area contributed by atoms with Crippen LogP contribution < -0.4 is 10.6 Å². The standard InChI is InChI=1S/C23H23F4N5O4S/c1-37(34,35)16-8-11(15-4-2-3-7-36-15)5-6-13(16)28-14-9-17(30-22(33)12-10-23(12,26)27)29-20-18(14)31-21(32-20)19(24)25/h5-6,8-9,12,15,19H,2-4,7,10H2,1H3,(H3,28,29,30,31,32,33)/t12-,15+/m0/s1. The van der Waals surface area contributed by atoms with Gasteiger partial charge in [0, 0.05) is 25.3 Å². The van der Waals surface area contributed by atoms with Crippen LogP contribution in [-0.4, -0.2) is 48.1 Å². The van der Waals surface area contributed by atoms with E-state index in [1.165, 1.54) is 18.2 Å². The lowest BCUT2D eigenvalue weighted by molar-refractivity contribution is -0.119. The molecule has 1 amide bonds. The zero-order valence-electron chi connectivity index (χ0n) is 19.5. The van der Waals surface area contributed by atoms with Gasteiger partial charge in [0.25, 0.3) is 12.3 Å². The van der Waals surface area contributed by atoms with E-state index in [9.17, 15) is 30.8 Å². The topological polar surface area (TPSA) is 126 Å². The van der Waals surface area contributed by atoms with Gasteiger partial charge in [0.2, 0.25) is 5.91 Å². The molecule has 5 rings (SSSR count). The third kappa shape index (κ3) is 5.25. The number of nitrogens with zero attached hydrogens (tertiary/aromatic N) is 2. The number of hydrogen-bond acceptors (Lipinski definition) is 7. The van der Waals surface area contributed by atoms with Crippen molar-refractivity contribution in [2.24, 2.45) is 5.92 Å². The number of anilines is 3. The number of fused-ring (bicyclic) bond motifs is 1. The van der Waals surface area contributed by atoms with Gasteiger partial charge >= 0.3 is 0 Å². The molecule has 2 atom stereocenters. The second-order valence-electron chi connectivity index (χ2n) is 9.19. The number of amides is 1. The Bertz CT molecular complexity index is 1470. The summed E-state index contributed by atoms with van der Waals surface area (Å²) in [5, 5.41) is 5.17. The van der Waals surface area contributed by atoms with Crippen LogP contribution in [0.1, 0.15) is 49.6 Å². The molecule has 0 radical (unpaired) electrons. The lowest BCUT2D eigenvalue weighted by Crippen LogP contribution is -2.18. The van der Waals surface area contributed by atoms with Gasteiger partial charge in [-0.2, -0.15) is 0 Å². The highest BCUT2D eigenvalue weighted by atomic mass is 32.2. The number of aromatic amines is 1. The number of hydrogen-bond donors (Lipinski definition) is 3. The summed E-state index contributed by atoms with van der Waals surface area (Å²) in [5.41, 5.74) is 0.652. The molecule has 37 heavy (non-hydrogen) atoms. The molecule has 3 N–H and O–H groups in total. The molecule has 2 aromatic heterocycles. The smallest absolute Gasteiger partial charge is 0.295 e. The van der Waals surface area contributed by atoms with Gasteiger partial charge in [-0.15, -0.1) is 0 Å². The van der Waals surface area contributed by atoms with E-state index in [4.69, 9.17) is 4.74 Å². The lowest BCUT2D eigenvalue weighted by atomic mass is 10.0. The number of nitrogens with one attached hydrogen (secondary N) is 3. The molecule has 0 bridgehead atoms. The SMILES string of the molecule is CS(=O)(=O)c1cc([C@H]2CCCCO2)ccc1Nc1cc(NC(=O)[C@@H]2CC2(F)F)nc2[nH]c(C(F)F)nc12. The Morgan fingerprint density at radius 3 is 2.57 bits per heavy atom. The first-order chi connectivity index (χ1) is 17.4. The number of H-pyrrole nitrogens is 1. The van der Waals surface area contributed by atoms with Crippen LogP contribution in [0.15, 0.2) is 29.2 Å². The zero-order valence-corrected chi connectivity index (χ0v) is 20.3. The zero-order chi connectivity index (χ0) is 26.5. The number of benzene rings is 1. The summed E-state index contributed by atoms with van der Waals surface area (Å²) in [6.07, 6.45) is -0.166. The minimum atomic E-state index is -3.76. The van der Waals surface area contributed by atoms with E-state index in [0.29, 0.717) is 12.2 Å². The minimum absolute atomic E-state index is 0.0394. The van der Waals surface area contributed by atoms with Crippen LogP contribution in [0.3, 0.4) is 0 Å². The number of sulfone groups is 1. The fraction of sp³-hybridized carbons (Fsp3) is 0.435. The average molecular weight is 542 g/mol. The number of imidazole rings is 1. The minimum Gasteiger partial charge on any atom is -0.374 e. The predicted molar refractivity (Wildman–Crippen MR) is 126 cm³/mol. The molecule has 9 nitrogen and oxygen atoms in total. The number of carbonyl (C=O) groups is 1. The van der Waals surface area contributed by atoms with Crippen molar-refractivity contribution in [3.05, 3.63) is 35.7 Å². The van der Waals surface area contributed by atoms with Gasteiger partial charge in [-0.05, 0) is 37.0 Å². The van der Waals surface area contributed by atoms with E-state index in [-0.39, 0.29) is 39.4 Å². The first-order valence-electron chi connectivity index (χ1n) is 11.5. The average Bonchev–Trinajstić information content (AvgIpc) is 3.27. The predicted octanol–water partition coefficient (Wildman–Crippen LogP) is 4.88. The maximum Gasteiger partial charge on any atom is 0.295 e. The van der Waals surface area contributed by atoms with Gasteiger partial charge in [-0.25, -0.2) is 35.9 Å². The van der Waals surface area contributed by atoms with Gasteiger partial charge in [0.15, 0.2) is 21.3 Å². The Labute approximate surface area is 208 Å². The molecule has 1 saturated carbocycles. The number of halogens is 4. The van der Waals surface area contributed by atoms with Crippen LogP contribution >= 0.6 is 0 Å². The molecular formula is C23H23F4N5O4S. The largest absolute Gasteiger partial charge is 0.374 e. The van der Waals surface area contributed by atoms with E-state index in [1.807, 2.05) is 0 Å². The van der Waals surface area contributed by atoms with Crippen LogP contribution in [0.4, 0.5) is 34.8 Å². The first kappa shape index (κ1) is 25.4. The van der Waals surface area contributed by atoms with Crippen molar-refractivity contribution in [1.29, 1.82) is 0 Å². The second kappa shape index (κ2) is 9.24. The van der Waals surface area contributed by atoms with Gasteiger partial charge < -0.3 is 20.4 Å². The van der Waals surface area contributed by atoms with Crippen LogP contribution in [0, 0.1) is 5.92 Å². The Hall–Kier alpha value is -3.26. The molecule has 2 aliphatic rings. The van der Waals surface area contributed by atoms with E-state index in [0.717, 1.165) is 25.5 Å². The molecule has 14 heteroatoms. The monoisotopic (exact) mass is 541 g/mol. The molecule has 1 aliphatic heterocycles. The maximum absolute atomic E-state index is 13.3. The fourth-order valence-electron chi connectivity index (χ4n) is 4.28. The van der Waals surface area contributed by atoms with E-state index in [2.05, 4.69) is 25.6 Å². The lowest BCUT2D eigenvalue weighted by Gasteiger charge is -2.24. The Morgan fingerprint density at radius 2 is 1.95 bits per heavy atom. The van der Waals surface area contributed by atoms with Crippen LogP contribution in [-0.2, 0) is 19.4 Å². The van der Waals surface area contributed by atoms with Gasteiger partial charge in [-0.1, -0.05) is 6.07 Å².